The Bertz CT molecular complexity index is 356. The molecule has 1 aliphatic carbocycles. The van der Waals surface area contributed by atoms with Crippen molar-refractivity contribution in [3.8, 4) is 0 Å². The van der Waals surface area contributed by atoms with Gasteiger partial charge in [-0.05, 0) is 37.0 Å². The average Bonchev–Trinajstić information content (AvgIpc) is 2.35. The van der Waals surface area contributed by atoms with Gasteiger partial charge in [-0.25, -0.2) is 0 Å². The fourth-order valence-corrected chi connectivity index (χ4v) is 2.98. The zero-order valence-corrected chi connectivity index (χ0v) is 12.2. The quantitative estimate of drug-likeness (QED) is 0.811. The van der Waals surface area contributed by atoms with E-state index in [9.17, 15) is 0 Å². The Morgan fingerprint density at radius 3 is 2.71 bits per heavy atom. The molecular weight excluding hydrogens is 274 g/mol. The molecule has 0 aliphatic heterocycles. The molecule has 1 aromatic carbocycles. The molecule has 1 aromatic rings. The smallest absolute Gasteiger partial charge is 0.0351 e. The minimum absolute atomic E-state index is 0.963. The number of hydrogen-bond acceptors (Lipinski definition) is 1. The summed E-state index contributed by atoms with van der Waals surface area (Å²) in [7, 11) is 0. The molecule has 2 heteroatoms. The summed E-state index contributed by atoms with van der Waals surface area (Å²) in [5.74, 6) is 0.963. The van der Waals surface area contributed by atoms with Gasteiger partial charge in [-0.3, -0.25) is 0 Å². The maximum atomic E-state index is 3.57. The van der Waals surface area contributed by atoms with Gasteiger partial charge in [0.05, 0.1) is 0 Å². The van der Waals surface area contributed by atoms with Crippen LogP contribution in [0.2, 0.25) is 0 Å². The maximum Gasteiger partial charge on any atom is 0.0351 e. The Morgan fingerprint density at radius 1 is 1.24 bits per heavy atom. The van der Waals surface area contributed by atoms with Crippen molar-refractivity contribution < 1.29 is 0 Å². The van der Waals surface area contributed by atoms with Crippen molar-refractivity contribution in [1.29, 1.82) is 0 Å². The monoisotopic (exact) mass is 295 g/mol. The lowest BCUT2D eigenvalue weighted by Crippen LogP contribution is -2.12. The van der Waals surface area contributed by atoms with E-state index in [1.807, 2.05) is 0 Å². The minimum Gasteiger partial charge on any atom is -0.385 e. The van der Waals surface area contributed by atoms with E-state index in [0.29, 0.717) is 0 Å². The number of benzene rings is 1. The molecule has 0 unspecified atom stereocenters. The van der Waals surface area contributed by atoms with Crippen molar-refractivity contribution in [2.24, 2.45) is 5.92 Å². The summed E-state index contributed by atoms with van der Waals surface area (Å²) in [6, 6.07) is 6.50. The summed E-state index contributed by atoms with van der Waals surface area (Å²) in [4.78, 5) is 0. The summed E-state index contributed by atoms with van der Waals surface area (Å²) in [5.41, 5.74) is 2.53. The van der Waals surface area contributed by atoms with Crippen molar-refractivity contribution in [1.82, 2.24) is 0 Å². The molecule has 1 saturated carbocycles. The highest BCUT2D eigenvalue weighted by molar-refractivity contribution is 9.10. The van der Waals surface area contributed by atoms with E-state index in [2.05, 4.69) is 46.4 Å². The van der Waals surface area contributed by atoms with E-state index in [4.69, 9.17) is 0 Å². The second-order valence-electron chi connectivity index (χ2n) is 5.18. The van der Waals surface area contributed by atoms with E-state index in [0.717, 1.165) is 12.5 Å². The molecule has 0 amide bonds. The molecule has 1 aliphatic rings. The number of hydrogen-bond donors (Lipinski definition) is 1. The summed E-state index contributed by atoms with van der Waals surface area (Å²) < 4.78 is 1.19. The molecule has 2 rings (SSSR count). The van der Waals surface area contributed by atoms with Crippen LogP contribution in [0.3, 0.4) is 0 Å². The summed E-state index contributed by atoms with van der Waals surface area (Å²) in [6.45, 7) is 3.23. The van der Waals surface area contributed by atoms with Crippen LogP contribution in [0.15, 0.2) is 22.7 Å². The number of rotatable bonds is 4. The number of halogens is 1. The average molecular weight is 296 g/mol. The largest absolute Gasteiger partial charge is 0.385 e. The number of aryl methyl sites for hydroxylation is 1. The highest BCUT2D eigenvalue weighted by Crippen LogP contribution is 2.26. The van der Waals surface area contributed by atoms with E-state index >= 15 is 0 Å². The molecule has 0 bridgehead atoms. The first-order chi connectivity index (χ1) is 8.25. The molecule has 1 fully saturated rings. The van der Waals surface area contributed by atoms with Gasteiger partial charge in [0.1, 0.15) is 0 Å². The van der Waals surface area contributed by atoms with Crippen LogP contribution in [-0.2, 0) is 0 Å². The van der Waals surface area contributed by atoms with Crippen molar-refractivity contribution in [2.45, 2.75) is 45.4 Å². The molecule has 0 heterocycles. The van der Waals surface area contributed by atoms with Gasteiger partial charge < -0.3 is 5.32 Å². The molecule has 94 valence electrons. The summed E-state index contributed by atoms with van der Waals surface area (Å²) in [6.07, 6.45) is 8.56. The van der Waals surface area contributed by atoms with Crippen molar-refractivity contribution in [3.05, 3.63) is 28.2 Å². The van der Waals surface area contributed by atoms with Gasteiger partial charge in [0, 0.05) is 16.7 Å². The molecule has 17 heavy (non-hydrogen) atoms. The zero-order chi connectivity index (χ0) is 12.1. The van der Waals surface area contributed by atoms with Crippen LogP contribution in [-0.4, -0.2) is 6.54 Å². The van der Waals surface area contributed by atoms with Gasteiger partial charge in [-0.15, -0.1) is 0 Å². The highest BCUT2D eigenvalue weighted by atomic mass is 79.9. The van der Waals surface area contributed by atoms with Crippen LogP contribution in [0.25, 0.3) is 0 Å². The third kappa shape index (κ3) is 4.02. The standard InChI is InChI=1S/C15H22BrN/c1-12-7-8-14(11-15(12)16)17-10-9-13-5-3-2-4-6-13/h7-8,11,13,17H,2-6,9-10H2,1H3. The molecular formula is C15H22BrN. The van der Waals surface area contributed by atoms with E-state index in [-0.39, 0.29) is 0 Å². The molecule has 0 saturated heterocycles. The molecule has 0 atom stereocenters. The van der Waals surface area contributed by atoms with Crippen LogP contribution in [0.1, 0.15) is 44.1 Å². The van der Waals surface area contributed by atoms with Gasteiger partial charge in [0.2, 0.25) is 0 Å². The van der Waals surface area contributed by atoms with E-state index in [1.165, 1.54) is 54.2 Å². The summed E-state index contributed by atoms with van der Waals surface area (Å²) >= 11 is 3.57. The van der Waals surface area contributed by atoms with Crippen LogP contribution in [0.5, 0.6) is 0 Å². The Labute approximate surface area is 113 Å². The molecule has 1 N–H and O–H groups in total. The van der Waals surface area contributed by atoms with Crippen LogP contribution >= 0.6 is 15.9 Å². The molecule has 0 spiro atoms. The Hall–Kier alpha value is -0.500. The number of anilines is 1. The Morgan fingerprint density at radius 2 is 2.00 bits per heavy atom. The van der Waals surface area contributed by atoms with Crippen LogP contribution in [0, 0.1) is 12.8 Å². The topological polar surface area (TPSA) is 12.0 Å². The number of nitrogens with one attached hydrogen (secondary N) is 1. The first kappa shape index (κ1) is 12.9. The Kier molecular flexibility index (Phi) is 4.90. The highest BCUT2D eigenvalue weighted by Gasteiger charge is 2.12. The van der Waals surface area contributed by atoms with Crippen LogP contribution < -0.4 is 5.32 Å². The second kappa shape index (κ2) is 6.44. The van der Waals surface area contributed by atoms with Crippen LogP contribution in [0.4, 0.5) is 5.69 Å². The SMILES string of the molecule is Cc1ccc(NCCC2CCCCC2)cc1Br. The van der Waals surface area contributed by atoms with Gasteiger partial charge in [0.15, 0.2) is 0 Å². The third-order valence-electron chi connectivity index (χ3n) is 3.78. The fraction of sp³-hybridized carbons (Fsp3) is 0.600. The van der Waals surface area contributed by atoms with E-state index < -0.39 is 0 Å². The molecule has 1 nitrogen and oxygen atoms in total. The summed E-state index contributed by atoms with van der Waals surface area (Å²) in [5, 5.41) is 3.53. The van der Waals surface area contributed by atoms with Crippen molar-refractivity contribution in [2.75, 3.05) is 11.9 Å². The predicted molar refractivity (Wildman–Crippen MR) is 78.6 cm³/mol. The lowest BCUT2D eigenvalue weighted by molar-refractivity contribution is 0.345. The zero-order valence-electron chi connectivity index (χ0n) is 10.6. The first-order valence-corrected chi connectivity index (χ1v) is 7.55. The lowest BCUT2D eigenvalue weighted by atomic mass is 9.87. The maximum absolute atomic E-state index is 3.57. The first-order valence-electron chi connectivity index (χ1n) is 6.76. The lowest BCUT2D eigenvalue weighted by Gasteiger charge is -2.21. The van der Waals surface area contributed by atoms with Gasteiger partial charge in [-0.1, -0.05) is 54.1 Å². The predicted octanol–water partition coefficient (Wildman–Crippen LogP) is 5.14. The van der Waals surface area contributed by atoms with Gasteiger partial charge in [0.25, 0.3) is 0 Å². The van der Waals surface area contributed by atoms with Gasteiger partial charge in [-0.2, -0.15) is 0 Å². The fourth-order valence-electron chi connectivity index (χ4n) is 2.60. The van der Waals surface area contributed by atoms with E-state index in [1.54, 1.807) is 0 Å². The third-order valence-corrected chi connectivity index (χ3v) is 4.63. The minimum atomic E-state index is 0.963. The van der Waals surface area contributed by atoms with Crippen molar-refractivity contribution >= 4 is 21.6 Å². The normalized spacial score (nSPS) is 17.1. The molecule has 0 radical (unpaired) electrons. The van der Waals surface area contributed by atoms with Gasteiger partial charge >= 0.3 is 0 Å². The second-order valence-corrected chi connectivity index (χ2v) is 6.04. The molecule has 0 aromatic heterocycles. The Balaban J connectivity index is 1.75. The van der Waals surface area contributed by atoms with Crippen molar-refractivity contribution in [3.63, 3.8) is 0 Å².